The molecule has 0 saturated heterocycles. The topological polar surface area (TPSA) is 55.4 Å². The molecular weight excluding hydrogens is 360 g/mol. The fourth-order valence-corrected chi connectivity index (χ4v) is 10.3. The average Bonchev–Trinajstić information content (AvgIpc) is 2.54. The molecule has 0 aromatic heterocycles. The summed E-state index contributed by atoms with van der Waals surface area (Å²) >= 11 is 0. The summed E-state index contributed by atoms with van der Waals surface area (Å²) < 4.78 is 36.0. The lowest BCUT2D eigenvalue weighted by Crippen LogP contribution is -2.52. The van der Waals surface area contributed by atoms with Crippen molar-refractivity contribution in [1.29, 1.82) is 0 Å². The van der Waals surface area contributed by atoms with Crippen LogP contribution >= 0.6 is 0 Å². The molecule has 0 rings (SSSR count). The highest BCUT2D eigenvalue weighted by Gasteiger charge is 2.48. The lowest BCUT2D eigenvalue weighted by Gasteiger charge is -2.33. The van der Waals surface area contributed by atoms with Gasteiger partial charge in [-0.3, -0.25) is 0 Å². The van der Waals surface area contributed by atoms with Crippen molar-refractivity contribution in [3.8, 4) is 0 Å². The van der Waals surface area contributed by atoms with E-state index in [1.807, 2.05) is 47.2 Å². The minimum atomic E-state index is -2.93. The summed E-state index contributed by atoms with van der Waals surface area (Å²) in [6, 6.07) is 0.869. The predicted octanol–water partition coefficient (Wildman–Crippen LogP) is 1.87. The molecule has 0 amide bonds. The van der Waals surface area contributed by atoms with Gasteiger partial charge in [0.05, 0.1) is 0 Å². The van der Waals surface area contributed by atoms with Crippen LogP contribution in [0.4, 0.5) is 0 Å². The molecule has 0 atom stereocenters. The van der Waals surface area contributed by atoms with E-state index in [0.29, 0.717) is 39.6 Å². The molecule has 0 aromatic rings. The summed E-state index contributed by atoms with van der Waals surface area (Å²) in [6.07, 6.45) is 0. The third-order valence-electron chi connectivity index (χ3n) is 3.16. The van der Waals surface area contributed by atoms with E-state index < -0.39 is 17.6 Å². The highest BCUT2D eigenvalue weighted by atomic mass is 28.4. The Balaban J connectivity index is 5.98. The first-order valence-electron chi connectivity index (χ1n) is 9.09. The first-order valence-corrected chi connectivity index (χ1v) is 14.0. The largest absolute Gasteiger partial charge is 0.532 e. The molecule has 144 valence electrons. The summed E-state index contributed by atoms with van der Waals surface area (Å²) in [5.74, 6) is 0. The molecule has 0 radical (unpaired) electrons. The fourth-order valence-electron chi connectivity index (χ4n) is 2.45. The average molecular weight is 397 g/mol. The second-order valence-electron chi connectivity index (χ2n) is 4.78. The minimum absolute atomic E-state index is 0.531. The van der Waals surface area contributed by atoms with Gasteiger partial charge in [0.25, 0.3) is 0 Å². The Labute approximate surface area is 153 Å². The molecule has 0 unspecified atom stereocenters. The van der Waals surface area contributed by atoms with Crippen LogP contribution in [0.15, 0.2) is 10.9 Å². The number of allylic oxidation sites excluding steroid dienone is 1. The van der Waals surface area contributed by atoms with Gasteiger partial charge in [0.2, 0.25) is 0 Å². The van der Waals surface area contributed by atoms with E-state index in [1.54, 1.807) is 0 Å². The van der Waals surface area contributed by atoms with Crippen LogP contribution in [0.2, 0.25) is 6.04 Å². The Morgan fingerprint density at radius 1 is 0.667 bits per heavy atom. The van der Waals surface area contributed by atoms with Crippen LogP contribution in [-0.2, 0) is 26.6 Å². The maximum Gasteiger partial charge on any atom is 0.532 e. The maximum absolute atomic E-state index is 6.05. The van der Waals surface area contributed by atoms with E-state index in [1.165, 1.54) is 0 Å². The molecule has 0 fully saturated rings. The van der Waals surface area contributed by atoms with Gasteiger partial charge >= 0.3 is 17.6 Å². The second kappa shape index (κ2) is 13.4. The van der Waals surface area contributed by atoms with Crippen LogP contribution in [0.25, 0.3) is 0 Å². The molecule has 0 saturated carbocycles. The lowest BCUT2D eigenvalue weighted by molar-refractivity contribution is 0.0760. The highest BCUT2D eigenvalue weighted by molar-refractivity contribution is 6.74. The molecule has 9 heteroatoms. The summed E-state index contributed by atoms with van der Waals surface area (Å²) in [6.45, 7) is 14.9. The molecule has 0 N–H and O–H groups in total. The van der Waals surface area contributed by atoms with E-state index in [4.69, 9.17) is 26.6 Å². The Hall–Kier alpha value is 0.151. The molecule has 0 aromatic carbocycles. The van der Waals surface area contributed by atoms with Crippen molar-refractivity contribution in [3.63, 3.8) is 0 Å². The van der Waals surface area contributed by atoms with Gasteiger partial charge < -0.3 is 26.6 Å². The second-order valence-corrected chi connectivity index (χ2v) is 10.5. The van der Waals surface area contributed by atoms with Gasteiger partial charge in [0.15, 0.2) is 0 Å². The van der Waals surface area contributed by atoms with E-state index >= 15 is 0 Å². The number of hydrogen-bond donors (Lipinski definition) is 0. The van der Waals surface area contributed by atoms with E-state index in [9.17, 15) is 0 Å². The van der Waals surface area contributed by atoms with Crippen LogP contribution in [-0.4, -0.2) is 67.5 Å². The zero-order valence-electron chi connectivity index (χ0n) is 16.5. The van der Waals surface area contributed by atoms with Gasteiger partial charge in [-0.15, -0.1) is 0 Å². The smallest absolute Gasteiger partial charge is 0.371 e. The van der Waals surface area contributed by atoms with Gasteiger partial charge in [0, 0.05) is 49.9 Å². The summed E-state index contributed by atoms with van der Waals surface area (Å²) in [4.78, 5) is 0. The molecule has 24 heavy (non-hydrogen) atoms. The summed E-state index contributed by atoms with van der Waals surface area (Å²) in [7, 11) is -4.89. The van der Waals surface area contributed by atoms with Crippen molar-refractivity contribution in [2.75, 3.05) is 39.6 Å². The van der Waals surface area contributed by atoms with Gasteiger partial charge in [0.1, 0.15) is 0 Å². The summed E-state index contributed by atoms with van der Waals surface area (Å²) in [5.41, 5.74) is 2.02. The Morgan fingerprint density at radius 3 is 1.25 bits per heavy atom. The van der Waals surface area contributed by atoms with Crippen LogP contribution < -0.4 is 0 Å². The van der Waals surface area contributed by atoms with Gasteiger partial charge in [-0.05, 0) is 58.5 Å². The van der Waals surface area contributed by atoms with E-state index in [2.05, 4.69) is 0 Å². The molecule has 0 bridgehead atoms. The van der Waals surface area contributed by atoms with Crippen molar-refractivity contribution in [3.05, 3.63) is 10.9 Å². The van der Waals surface area contributed by atoms with Crippen molar-refractivity contribution in [2.45, 2.75) is 47.6 Å². The lowest BCUT2D eigenvalue weighted by atomic mass is 10.7. The summed E-state index contributed by atoms with van der Waals surface area (Å²) in [5, 5.41) is 1.03. The Bertz CT molecular complexity index is 320. The van der Waals surface area contributed by atoms with Gasteiger partial charge in [-0.25, -0.2) is 0 Å². The van der Waals surface area contributed by atoms with Crippen molar-refractivity contribution in [1.82, 2.24) is 0 Å². The SMILES string of the molecule is CCO[Si](C=C(C[SiH3])[Si](OCC)(OCC)OCC)(OCC)OCC. The fraction of sp³-hybridized carbons (Fsp3) is 0.867. The standard InChI is InChI=1S/C15H36O6Si3/c1-7-16-23(17-8-2,18-9-3)14-15(13-22)24(19-10-4,20-11-5)21-12-6/h14H,7-13H2,1-6,22H3. The first-order chi connectivity index (χ1) is 11.5. The minimum Gasteiger partial charge on any atom is -0.371 e. The number of rotatable bonds is 15. The molecule has 6 nitrogen and oxygen atoms in total. The molecular formula is C15H36O6Si3. The first kappa shape index (κ1) is 24.2. The molecule has 0 heterocycles. The zero-order chi connectivity index (χ0) is 18.5. The predicted molar refractivity (Wildman–Crippen MR) is 104 cm³/mol. The molecule has 0 aliphatic carbocycles. The molecule has 0 aliphatic rings. The number of hydrogen-bond acceptors (Lipinski definition) is 6. The quantitative estimate of drug-likeness (QED) is 0.394. The van der Waals surface area contributed by atoms with Crippen molar-refractivity contribution in [2.24, 2.45) is 0 Å². The van der Waals surface area contributed by atoms with Gasteiger partial charge in [-0.2, -0.15) is 0 Å². The van der Waals surface area contributed by atoms with E-state index in [0.717, 1.165) is 21.5 Å². The maximum atomic E-state index is 6.05. The van der Waals surface area contributed by atoms with Crippen LogP contribution in [0.1, 0.15) is 41.5 Å². The van der Waals surface area contributed by atoms with Gasteiger partial charge in [-0.1, -0.05) is 0 Å². The molecule has 0 aliphatic heterocycles. The highest BCUT2D eigenvalue weighted by Crippen LogP contribution is 2.26. The van der Waals surface area contributed by atoms with Crippen molar-refractivity contribution >= 4 is 27.9 Å². The van der Waals surface area contributed by atoms with E-state index in [-0.39, 0.29) is 0 Å². The third kappa shape index (κ3) is 7.18. The van der Waals surface area contributed by atoms with Crippen LogP contribution in [0.3, 0.4) is 0 Å². The van der Waals surface area contributed by atoms with Crippen LogP contribution in [0, 0.1) is 0 Å². The zero-order valence-corrected chi connectivity index (χ0v) is 20.5. The third-order valence-corrected chi connectivity index (χ3v) is 11.0. The van der Waals surface area contributed by atoms with Crippen molar-refractivity contribution < 1.29 is 26.6 Å². The molecule has 0 spiro atoms. The van der Waals surface area contributed by atoms with Crippen LogP contribution in [0.5, 0.6) is 0 Å². The Morgan fingerprint density at radius 2 is 1.00 bits per heavy atom. The normalized spacial score (nSPS) is 13.7. The Kier molecular flexibility index (Phi) is 13.5. The monoisotopic (exact) mass is 396 g/mol.